The Kier molecular flexibility index (Phi) is 3.69. The Bertz CT molecular complexity index is 266. The second kappa shape index (κ2) is 4.58. The molecular formula is C9H10OS2. The molecular weight excluding hydrogens is 188 g/mol. The van der Waals surface area contributed by atoms with Crippen molar-refractivity contribution in [3.8, 4) is 0 Å². The number of ketones is 1. The molecule has 1 nitrogen and oxygen atoms in total. The average Bonchev–Trinajstić information content (AvgIpc) is 2.17. The number of carbonyl (C=O) groups is 1. The zero-order valence-corrected chi connectivity index (χ0v) is 8.49. The summed E-state index contributed by atoms with van der Waals surface area (Å²) < 4.78 is 0. The fourth-order valence-corrected chi connectivity index (χ4v) is 1.46. The van der Waals surface area contributed by atoms with E-state index in [9.17, 15) is 4.79 Å². The van der Waals surface area contributed by atoms with E-state index >= 15 is 0 Å². The van der Waals surface area contributed by atoms with Crippen LogP contribution in [-0.2, 0) is 0 Å². The van der Waals surface area contributed by atoms with Crippen molar-refractivity contribution in [1.82, 2.24) is 0 Å². The molecule has 0 aliphatic heterocycles. The van der Waals surface area contributed by atoms with Gasteiger partial charge in [-0.15, -0.1) is 11.8 Å². The Morgan fingerprint density at radius 1 is 1.42 bits per heavy atom. The number of benzene rings is 1. The maximum Gasteiger partial charge on any atom is 0.172 e. The summed E-state index contributed by atoms with van der Waals surface area (Å²) in [5.41, 5.74) is 0.739. The van der Waals surface area contributed by atoms with Crippen molar-refractivity contribution in [1.29, 1.82) is 0 Å². The summed E-state index contributed by atoms with van der Waals surface area (Å²) in [6.45, 7) is 0. The van der Waals surface area contributed by atoms with E-state index in [0.29, 0.717) is 0 Å². The minimum Gasteiger partial charge on any atom is -0.293 e. The number of carbonyl (C=O) groups excluding carboxylic acids is 1. The van der Waals surface area contributed by atoms with Crippen molar-refractivity contribution in [2.24, 2.45) is 0 Å². The van der Waals surface area contributed by atoms with Gasteiger partial charge in [-0.05, 0) is 18.4 Å². The van der Waals surface area contributed by atoms with Gasteiger partial charge in [0.15, 0.2) is 5.78 Å². The van der Waals surface area contributed by atoms with E-state index in [1.807, 2.05) is 30.5 Å². The summed E-state index contributed by atoms with van der Waals surface area (Å²) in [6, 6.07) is 7.57. The van der Waals surface area contributed by atoms with Gasteiger partial charge in [-0.25, -0.2) is 0 Å². The van der Waals surface area contributed by atoms with Crippen molar-refractivity contribution in [3.05, 3.63) is 29.8 Å². The summed E-state index contributed by atoms with van der Waals surface area (Å²) in [6.07, 6.45) is 2.01. The van der Waals surface area contributed by atoms with Crippen LogP contribution in [0.15, 0.2) is 29.2 Å². The summed E-state index contributed by atoms with van der Waals surface area (Å²) in [5.74, 6) is 0.351. The second-order valence-electron chi connectivity index (χ2n) is 2.31. The summed E-state index contributed by atoms with van der Waals surface area (Å²) >= 11 is 5.59. The second-order valence-corrected chi connectivity index (χ2v) is 3.51. The highest BCUT2D eigenvalue weighted by Gasteiger charge is 2.01. The molecule has 0 saturated heterocycles. The first kappa shape index (κ1) is 9.68. The maximum atomic E-state index is 11.1. The minimum absolute atomic E-state index is 0.0750. The van der Waals surface area contributed by atoms with Crippen molar-refractivity contribution in [3.63, 3.8) is 0 Å². The van der Waals surface area contributed by atoms with Crippen LogP contribution in [0.1, 0.15) is 10.4 Å². The van der Waals surface area contributed by atoms with Gasteiger partial charge in [-0.3, -0.25) is 4.79 Å². The van der Waals surface area contributed by atoms with E-state index in [0.717, 1.165) is 5.56 Å². The molecule has 12 heavy (non-hydrogen) atoms. The molecule has 0 aromatic heterocycles. The predicted molar refractivity (Wildman–Crippen MR) is 56.4 cm³/mol. The molecule has 0 fully saturated rings. The topological polar surface area (TPSA) is 17.1 Å². The lowest BCUT2D eigenvalue weighted by atomic mass is 10.1. The third-order valence-electron chi connectivity index (χ3n) is 1.56. The zero-order chi connectivity index (χ0) is 8.97. The van der Waals surface area contributed by atoms with Gasteiger partial charge in [0.25, 0.3) is 0 Å². The van der Waals surface area contributed by atoms with Crippen molar-refractivity contribution < 1.29 is 4.79 Å². The number of rotatable bonds is 3. The number of hydrogen-bond acceptors (Lipinski definition) is 3. The van der Waals surface area contributed by atoms with E-state index in [2.05, 4.69) is 12.6 Å². The van der Waals surface area contributed by atoms with Gasteiger partial charge in [-0.1, -0.05) is 12.1 Å². The zero-order valence-electron chi connectivity index (χ0n) is 6.78. The van der Waals surface area contributed by atoms with Gasteiger partial charge in [0.1, 0.15) is 0 Å². The number of thioether (sulfide) groups is 1. The molecule has 1 rings (SSSR count). The molecule has 0 aliphatic rings. The van der Waals surface area contributed by atoms with Crippen LogP contribution >= 0.6 is 24.4 Å². The Hall–Kier alpha value is -0.410. The van der Waals surface area contributed by atoms with Crippen molar-refractivity contribution in [2.45, 2.75) is 4.90 Å². The van der Waals surface area contributed by atoms with Gasteiger partial charge in [0, 0.05) is 10.5 Å². The van der Waals surface area contributed by atoms with E-state index in [-0.39, 0.29) is 11.5 Å². The molecule has 1 aromatic rings. The quantitative estimate of drug-likeness (QED) is 0.456. The van der Waals surface area contributed by atoms with Gasteiger partial charge < -0.3 is 0 Å². The van der Waals surface area contributed by atoms with E-state index in [1.54, 1.807) is 11.8 Å². The van der Waals surface area contributed by atoms with Crippen LogP contribution in [-0.4, -0.2) is 17.8 Å². The molecule has 0 spiro atoms. The smallest absolute Gasteiger partial charge is 0.172 e. The number of hydrogen-bond donors (Lipinski definition) is 1. The molecule has 0 radical (unpaired) electrons. The summed E-state index contributed by atoms with van der Waals surface area (Å²) in [4.78, 5) is 12.3. The monoisotopic (exact) mass is 198 g/mol. The molecule has 0 N–H and O–H groups in total. The highest BCUT2D eigenvalue weighted by molar-refractivity contribution is 7.98. The van der Waals surface area contributed by atoms with Gasteiger partial charge >= 0.3 is 0 Å². The number of thiol groups is 1. The Morgan fingerprint density at radius 2 is 2.00 bits per heavy atom. The summed E-state index contributed by atoms with van der Waals surface area (Å²) in [5, 5.41) is 0. The van der Waals surface area contributed by atoms with Crippen LogP contribution in [0.3, 0.4) is 0 Å². The van der Waals surface area contributed by atoms with Crippen LogP contribution in [0.5, 0.6) is 0 Å². The highest BCUT2D eigenvalue weighted by Crippen LogP contribution is 2.15. The average molecular weight is 198 g/mol. The minimum atomic E-state index is 0.0750. The van der Waals surface area contributed by atoms with E-state index in [1.165, 1.54) is 4.90 Å². The largest absolute Gasteiger partial charge is 0.293 e. The molecule has 3 heteroatoms. The van der Waals surface area contributed by atoms with Crippen LogP contribution in [0.25, 0.3) is 0 Å². The van der Waals surface area contributed by atoms with Crippen LogP contribution in [0.4, 0.5) is 0 Å². The van der Waals surface area contributed by atoms with E-state index < -0.39 is 0 Å². The van der Waals surface area contributed by atoms with Crippen LogP contribution in [0, 0.1) is 0 Å². The summed E-state index contributed by atoms with van der Waals surface area (Å²) in [7, 11) is 0. The molecule has 1 aromatic carbocycles. The highest BCUT2D eigenvalue weighted by atomic mass is 32.2. The molecule has 0 amide bonds. The van der Waals surface area contributed by atoms with Crippen molar-refractivity contribution in [2.75, 3.05) is 12.0 Å². The fourth-order valence-electron chi connectivity index (χ4n) is 0.868. The van der Waals surface area contributed by atoms with E-state index in [4.69, 9.17) is 0 Å². The lowest BCUT2D eigenvalue weighted by Crippen LogP contribution is -1.99. The van der Waals surface area contributed by atoms with Crippen molar-refractivity contribution >= 4 is 30.2 Å². The maximum absolute atomic E-state index is 11.1. The molecule has 0 heterocycles. The van der Waals surface area contributed by atoms with Gasteiger partial charge in [0.2, 0.25) is 0 Å². The third kappa shape index (κ3) is 2.29. The molecule has 0 aliphatic carbocycles. The molecule has 64 valence electrons. The third-order valence-corrected chi connectivity index (χ3v) is 2.59. The lowest BCUT2D eigenvalue weighted by Gasteiger charge is -1.98. The molecule has 0 unspecified atom stereocenters. The lowest BCUT2D eigenvalue weighted by molar-refractivity contribution is 0.102. The standard InChI is InChI=1S/C9H10OS2/c1-12-8-4-2-7(3-5-8)9(10)6-11/h2-5,11H,6H2,1H3. The molecule has 0 bridgehead atoms. The predicted octanol–water partition coefficient (Wildman–Crippen LogP) is 2.52. The Balaban J connectivity index is 2.84. The van der Waals surface area contributed by atoms with Crippen LogP contribution in [0.2, 0.25) is 0 Å². The number of Topliss-reactive ketones (excluding diaryl/α,β-unsaturated/α-hetero) is 1. The van der Waals surface area contributed by atoms with Gasteiger partial charge in [-0.2, -0.15) is 12.6 Å². The Labute approximate surface area is 82.0 Å². The first-order valence-electron chi connectivity index (χ1n) is 3.56. The molecule has 0 atom stereocenters. The SMILES string of the molecule is CSc1ccc(C(=O)CS)cc1. The first-order valence-corrected chi connectivity index (χ1v) is 5.41. The fraction of sp³-hybridized carbons (Fsp3) is 0.222. The Morgan fingerprint density at radius 3 is 2.42 bits per heavy atom. The van der Waals surface area contributed by atoms with Gasteiger partial charge in [0.05, 0.1) is 5.75 Å². The first-order chi connectivity index (χ1) is 5.77. The molecule has 0 saturated carbocycles. The normalized spacial score (nSPS) is 9.83. The van der Waals surface area contributed by atoms with Crippen LogP contribution < -0.4 is 0 Å².